The highest BCUT2D eigenvalue weighted by Gasteiger charge is 2.31. The summed E-state index contributed by atoms with van der Waals surface area (Å²) in [5.41, 5.74) is 5.79. The number of aromatic hydroxyl groups is 1. The second-order valence-corrected chi connectivity index (χ2v) is 7.68. The normalized spacial score (nSPS) is 13.3. The zero-order valence-corrected chi connectivity index (χ0v) is 14.4. The van der Waals surface area contributed by atoms with Crippen molar-refractivity contribution in [1.82, 2.24) is 0 Å². The summed E-state index contributed by atoms with van der Waals surface area (Å²) in [7, 11) is 0. The third kappa shape index (κ3) is 3.95. The molecule has 1 unspecified atom stereocenters. The predicted octanol–water partition coefficient (Wildman–Crippen LogP) is 5.93. The number of alkyl halides is 3. The smallest absolute Gasteiger partial charge is 0.416 e. The Morgan fingerprint density at radius 3 is 2.65 bits per heavy atom. The number of halogens is 3. The molecule has 0 saturated carbocycles. The molecule has 0 spiro atoms. The van der Waals surface area contributed by atoms with Gasteiger partial charge in [-0.3, -0.25) is 0 Å². The van der Waals surface area contributed by atoms with E-state index >= 15 is 0 Å². The quantitative estimate of drug-likeness (QED) is 0.694. The van der Waals surface area contributed by atoms with Gasteiger partial charge in [-0.2, -0.15) is 24.9 Å². The van der Waals surface area contributed by atoms with Crippen molar-refractivity contribution in [3.8, 4) is 16.9 Å². The van der Waals surface area contributed by atoms with Crippen molar-refractivity contribution >= 4 is 28.1 Å². The summed E-state index contributed by atoms with van der Waals surface area (Å²) in [6, 6.07) is 4.88. The second-order valence-electron chi connectivity index (χ2n) is 5.15. The third-order valence-electron chi connectivity index (χ3n) is 3.36. The van der Waals surface area contributed by atoms with E-state index < -0.39 is 11.7 Å². The van der Waals surface area contributed by atoms with Gasteiger partial charge in [0.1, 0.15) is 5.75 Å². The van der Waals surface area contributed by atoms with E-state index in [0.29, 0.717) is 15.4 Å². The summed E-state index contributed by atoms with van der Waals surface area (Å²) in [6.45, 7) is 4.03. The molecule has 2 nitrogen and oxygen atoms in total. The van der Waals surface area contributed by atoms with Crippen LogP contribution in [0, 0.1) is 0 Å². The zero-order valence-electron chi connectivity index (χ0n) is 12.8. The fraction of sp³-hybridized carbons (Fsp3) is 0.375. The van der Waals surface area contributed by atoms with Gasteiger partial charge in [-0.15, -0.1) is 11.3 Å². The minimum absolute atomic E-state index is 0.0112. The molecule has 3 N–H and O–H groups in total. The van der Waals surface area contributed by atoms with Crippen LogP contribution in [0.1, 0.15) is 36.0 Å². The lowest BCUT2D eigenvalue weighted by atomic mass is 10.0. The van der Waals surface area contributed by atoms with Crippen molar-refractivity contribution in [2.45, 2.75) is 31.7 Å². The van der Waals surface area contributed by atoms with Gasteiger partial charge >= 0.3 is 6.18 Å². The maximum Gasteiger partial charge on any atom is 0.416 e. The number of rotatable bonds is 5. The Hall–Kier alpha value is -1.34. The molecule has 1 heterocycles. The number of nitrogen functional groups attached to an aromatic ring is 1. The van der Waals surface area contributed by atoms with Crippen molar-refractivity contribution < 1.29 is 18.3 Å². The minimum atomic E-state index is -4.43. The number of benzene rings is 1. The molecule has 0 aliphatic heterocycles. The SMILES string of the molecule is CCCSC(C)c1sc(N)c(-c2cccc(C(F)(F)F)c2)c1O. The molecular formula is C16H18F3NOS2. The van der Waals surface area contributed by atoms with E-state index in [2.05, 4.69) is 6.92 Å². The maximum atomic E-state index is 12.9. The van der Waals surface area contributed by atoms with E-state index in [1.54, 1.807) is 11.8 Å². The van der Waals surface area contributed by atoms with Crippen LogP contribution >= 0.6 is 23.1 Å². The van der Waals surface area contributed by atoms with Crippen LogP contribution in [0.25, 0.3) is 11.1 Å². The van der Waals surface area contributed by atoms with E-state index in [9.17, 15) is 18.3 Å². The third-order valence-corrected chi connectivity index (χ3v) is 6.08. The van der Waals surface area contributed by atoms with Gasteiger partial charge in [0.05, 0.1) is 21.0 Å². The summed E-state index contributed by atoms with van der Waals surface area (Å²) in [4.78, 5) is 0.702. The van der Waals surface area contributed by atoms with Crippen LogP contribution in [0.4, 0.5) is 18.2 Å². The Kier molecular flexibility index (Phi) is 5.52. The highest BCUT2D eigenvalue weighted by Crippen LogP contribution is 2.50. The fourth-order valence-electron chi connectivity index (χ4n) is 2.23. The highest BCUT2D eigenvalue weighted by molar-refractivity contribution is 7.99. The van der Waals surface area contributed by atoms with E-state index in [1.807, 2.05) is 6.92 Å². The molecule has 23 heavy (non-hydrogen) atoms. The first-order valence-corrected chi connectivity index (χ1v) is 9.02. The number of nitrogens with two attached hydrogens (primary N) is 1. The van der Waals surface area contributed by atoms with Crippen molar-refractivity contribution in [2.75, 3.05) is 11.5 Å². The highest BCUT2D eigenvalue weighted by atomic mass is 32.2. The topological polar surface area (TPSA) is 46.2 Å². The summed E-state index contributed by atoms with van der Waals surface area (Å²) < 4.78 is 38.6. The number of hydrogen-bond donors (Lipinski definition) is 2. The Morgan fingerprint density at radius 2 is 2.04 bits per heavy atom. The molecule has 0 aliphatic rings. The molecule has 126 valence electrons. The van der Waals surface area contributed by atoms with Gasteiger partial charge in [0.2, 0.25) is 0 Å². The molecule has 2 rings (SSSR count). The fourth-order valence-corrected chi connectivity index (χ4v) is 4.35. The lowest BCUT2D eigenvalue weighted by Gasteiger charge is -2.10. The van der Waals surface area contributed by atoms with Crippen LogP contribution in [0.3, 0.4) is 0 Å². The molecule has 0 saturated heterocycles. The van der Waals surface area contributed by atoms with Crippen molar-refractivity contribution in [2.24, 2.45) is 0 Å². The van der Waals surface area contributed by atoms with E-state index in [-0.39, 0.29) is 16.6 Å². The van der Waals surface area contributed by atoms with Gasteiger partial charge in [-0.1, -0.05) is 19.1 Å². The van der Waals surface area contributed by atoms with Crippen LogP contribution < -0.4 is 5.73 Å². The summed E-state index contributed by atoms with van der Waals surface area (Å²) in [5, 5.41) is 10.8. The number of thioether (sulfide) groups is 1. The molecule has 0 aliphatic carbocycles. The summed E-state index contributed by atoms with van der Waals surface area (Å²) in [5.74, 6) is 0.931. The first-order chi connectivity index (χ1) is 10.8. The minimum Gasteiger partial charge on any atom is -0.506 e. The number of anilines is 1. The van der Waals surface area contributed by atoms with Crippen LogP contribution in [-0.4, -0.2) is 10.9 Å². The first kappa shape index (κ1) is 18.0. The van der Waals surface area contributed by atoms with Crippen molar-refractivity contribution in [1.29, 1.82) is 0 Å². The van der Waals surface area contributed by atoms with E-state index in [0.717, 1.165) is 24.3 Å². The average molecular weight is 361 g/mol. The summed E-state index contributed by atoms with van der Waals surface area (Å²) in [6.07, 6.45) is -3.42. The van der Waals surface area contributed by atoms with Crippen molar-refractivity contribution in [3.05, 3.63) is 34.7 Å². The van der Waals surface area contributed by atoms with Crippen molar-refractivity contribution in [3.63, 3.8) is 0 Å². The largest absolute Gasteiger partial charge is 0.506 e. The van der Waals surface area contributed by atoms with Gasteiger partial charge in [0.15, 0.2) is 0 Å². The van der Waals surface area contributed by atoms with Gasteiger partial charge in [0.25, 0.3) is 0 Å². The average Bonchev–Trinajstić information content (AvgIpc) is 2.79. The molecule has 1 aromatic carbocycles. The lowest BCUT2D eigenvalue weighted by Crippen LogP contribution is -2.04. The number of hydrogen-bond acceptors (Lipinski definition) is 4. The van der Waals surface area contributed by atoms with Gasteiger partial charge < -0.3 is 10.8 Å². The van der Waals surface area contributed by atoms with Crippen LogP contribution in [0.2, 0.25) is 0 Å². The standard InChI is InChI=1S/C16H18F3NOS2/c1-3-7-22-9(2)14-13(21)12(15(20)23-14)10-5-4-6-11(8-10)16(17,18)19/h4-6,8-9,21H,3,7,20H2,1-2H3. The van der Waals surface area contributed by atoms with Gasteiger partial charge in [0, 0.05) is 5.25 Å². The van der Waals surface area contributed by atoms with E-state index in [1.165, 1.54) is 23.5 Å². The molecule has 0 amide bonds. The summed E-state index contributed by atoms with van der Waals surface area (Å²) >= 11 is 2.92. The van der Waals surface area contributed by atoms with Gasteiger partial charge in [-0.25, -0.2) is 0 Å². The number of thiophene rings is 1. The second kappa shape index (κ2) is 7.05. The maximum absolute atomic E-state index is 12.9. The Labute approximate surface area is 141 Å². The zero-order chi connectivity index (χ0) is 17.2. The van der Waals surface area contributed by atoms with E-state index in [4.69, 9.17) is 5.73 Å². The molecule has 1 atom stereocenters. The van der Waals surface area contributed by atoms with Crippen LogP contribution in [0.5, 0.6) is 5.75 Å². The van der Waals surface area contributed by atoms with Gasteiger partial charge in [-0.05, 0) is 36.8 Å². The first-order valence-electron chi connectivity index (χ1n) is 7.16. The molecule has 1 aromatic heterocycles. The molecule has 0 radical (unpaired) electrons. The molecule has 0 fully saturated rings. The molecular weight excluding hydrogens is 343 g/mol. The molecule has 0 bridgehead atoms. The molecule has 2 aromatic rings. The Balaban J connectivity index is 2.43. The van der Waals surface area contributed by atoms with Crippen LogP contribution in [-0.2, 0) is 6.18 Å². The monoisotopic (exact) mass is 361 g/mol. The Morgan fingerprint density at radius 1 is 1.35 bits per heavy atom. The predicted molar refractivity (Wildman–Crippen MR) is 92.0 cm³/mol. The molecule has 7 heteroatoms. The Bertz CT molecular complexity index is 682. The van der Waals surface area contributed by atoms with Crippen LogP contribution in [0.15, 0.2) is 24.3 Å². The lowest BCUT2D eigenvalue weighted by molar-refractivity contribution is -0.137.